The van der Waals surface area contributed by atoms with E-state index in [2.05, 4.69) is 0 Å². The zero-order valence-electron chi connectivity index (χ0n) is 13.9. The van der Waals surface area contributed by atoms with Gasteiger partial charge >= 0.3 is 11.9 Å². The van der Waals surface area contributed by atoms with E-state index in [1.807, 2.05) is 0 Å². The summed E-state index contributed by atoms with van der Waals surface area (Å²) in [5, 5.41) is 0. The molecule has 0 aliphatic rings. The van der Waals surface area contributed by atoms with Crippen LogP contribution in [0.1, 0.15) is 15.9 Å². The fraction of sp³-hybridized carbons (Fsp3) is 0.375. The molecular formula is C16H21NO6. The fourth-order valence-corrected chi connectivity index (χ4v) is 1.72. The lowest BCUT2D eigenvalue weighted by Gasteiger charge is -2.12. The number of carbonyl (C=O) groups is 2. The topological polar surface area (TPSA) is 74.3 Å². The molecule has 0 N–H and O–H groups in total. The molecule has 0 heterocycles. The van der Waals surface area contributed by atoms with Crippen molar-refractivity contribution in [1.29, 1.82) is 0 Å². The molecule has 0 aliphatic heterocycles. The van der Waals surface area contributed by atoms with Crippen LogP contribution in [0.5, 0.6) is 11.5 Å². The molecule has 1 aromatic rings. The van der Waals surface area contributed by atoms with E-state index in [9.17, 15) is 9.59 Å². The molecule has 0 bridgehead atoms. The second-order valence-electron chi connectivity index (χ2n) is 4.79. The predicted octanol–water partition coefficient (Wildman–Crippen LogP) is 1.57. The maximum absolute atomic E-state index is 11.9. The van der Waals surface area contributed by atoms with Gasteiger partial charge in [-0.2, -0.15) is 0 Å². The summed E-state index contributed by atoms with van der Waals surface area (Å²) in [5.74, 6) is -0.252. The van der Waals surface area contributed by atoms with Crippen LogP contribution in [0, 0.1) is 0 Å². The average Bonchev–Trinajstić information content (AvgIpc) is 2.56. The zero-order valence-corrected chi connectivity index (χ0v) is 13.9. The van der Waals surface area contributed by atoms with Crippen LogP contribution in [0.3, 0.4) is 0 Å². The first-order valence-corrected chi connectivity index (χ1v) is 6.76. The van der Waals surface area contributed by atoms with Crippen LogP contribution in [0.2, 0.25) is 0 Å². The summed E-state index contributed by atoms with van der Waals surface area (Å²) < 4.78 is 20.1. The van der Waals surface area contributed by atoms with E-state index < -0.39 is 11.9 Å². The van der Waals surface area contributed by atoms with Crippen LogP contribution in [-0.2, 0) is 14.3 Å². The second-order valence-corrected chi connectivity index (χ2v) is 4.79. The van der Waals surface area contributed by atoms with Crippen LogP contribution in [-0.4, -0.2) is 59.0 Å². The summed E-state index contributed by atoms with van der Waals surface area (Å²) >= 11 is 0. The largest absolute Gasteiger partial charge is 0.493 e. The molecule has 0 atom stereocenters. The molecule has 0 aliphatic carbocycles. The Morgan fingerprint density at radius 1 is 1.09 bits per heavy atom. The zero-order chi connectivity index (χ0) is 17.4. The van der Waals surface area contributed by atoms with Gasteiger partial charge in [-0.05, 0) is 37.9 Å². The van der Waals surface area contributed by atoms with Crippen molar-refractivity contribution < 1.29 is 28.5 Å². The van der Waals surface area contributed by atoms with E-state index in [0.717, 1.165) is 0 Å². The number of ether oxygens (including phenoxy) is 4. The van der Waals surface area contributed by atoms with E-state index in [4.69, 9.17) is 18.9 Å². The van der Waals surface area contributed by atoms with Crippen molar-refractivity contribution in [2.75, 3.05) is 42.2 Å². The highest BCUT2D eigenvalue weighted by Crippen LogP contribution is 2.31. The Morgan fingerprint density at radius 2 is 1.70 bits per heavy atom. The van der Waals surface area contributed by atoms with Crippen LogP contribution in [0.15, 0.2) is 18.2 Å². The molecule has 23 heavy (non-hydrogen) atoms. The maximum Gasteiger partial charge on any atom is 0.338 e. The van der Waals surface area contributed by atoms with Crippen molar-refractivity contribution in [3.8, 4) is 11.5 Å². The van der Waals surface area contributed by atoms with Crippen molar-refractivity contribution >= 4 is 18.0 Å². The Kier molecular flexibility index (Phi) is 7.08. The van der Waals surface area contributed by atoms with E-state index >= 15 is 0 Å². The lowest BCUT2D eigenvalue weighted by atomic mass is 10.1. The molecule has 0 unspecified atom stereocenters. The Hall–Kier alpha value is -2.54. The van der Waals surface area contributed by atoms with Gasteiger partial charge in [0.05, 0.1) is 26.9 Å². The lowest BCUT2D eigenvalue weighted by molar-refractivity contribution is -0.141. The smallest absolute Gasteiger partial charge is 0.338 e. The molecule has 0 saturated heterocycles. The molecule has 1 aromatic carbocycles. The minimum Gasteiger partial charge on any atom is -0.493 e. The first-order chi connectivity index (χ1) is 10.9. The molecule has 1 rings (SSSR count). The van der Waals surface area contributed by atoms with Crippen molar-refractivity contribution in [1.82, 2.24) is 4.90 Å². The van der Waals surface area contributed by atoms with E-state index in [1.165, 1.54) is 39.5 Å². The van der Waals surface area contributed by atoms with E-state index in [1.54, 1.807) is 25.1 Å². The summed E-state index contributed by atoms with van der Waals surface area (Å²) in [4.78, 5) is 25.2. The molecule has 0 aromatic heterocycles. The first kappa shape index (κ1) is 18.5. The normalized spacial score (nSPS) is 10.7. The summed E-state index contributed by atoms with van der Waals surface area (Å²) in [5.41, 5.74) is 0.707. The summed E-state index contributed by atoms with van der Waals surface area (Å²) in [6, 6.07) is 3.08. The molecule has 0 amide bonds. The SMILES string of the molecule is COC(=O)c1cc(OC)c(OC)cc1/C=C/C(=O)OCN(C)C. The number of carbonyl (C=O) groups excluding carboxylic acids is 2. The molecule has 0 fully saturated rings. The number of nitrogens with zero attached hydrogens (tertiary/aromatic N) is 1. The first-order valence-electron chi connectivity index (χ1n) is 6.76. The Labute approximate surface area is 135 Å². The Morgan fingerprint density at radius 3 is 2.22 bits per heavy atom. The minimum absolute atomic E-state index is 0.166. The number of esters is 2. The molecule has 0 spiro atoms. The molecule has 7 heteroatoms. The van der Waals surface area contributed by atoms with Crippen LogP contribution < -0.4 is 9.47 Å². The van der Waals surface area contributed by atoms with Crippen LogP contribution in [0.4, 0.5) is 0 Å². The van der Waals surface area contributed by atoms with Gasteiger partial charge in [-0.3, -0.25) is 4.90 Å². The Balaban J connectivity index is 3.12. The number of hydrogen-bond acceptors (Lipinski definition) is 7. The average molecular weight is 323 g/mol. The van der Waals surface area contributed by atoms with Gasteiger partial charge in [-0.15, -0.1) is 0 Å². The Bertz CT molecular complexity index is 594. The molecule has 0 radical (unpaired) electrons. The van der Waals surface area contributed by atoms with E-state index in [0.29, 0.717) is 17.1 Å². The monoisotopic (exact) mass is 323 g/mol. The van der Waals surface area contributed by atoms with Crippen molar-refractivity contribution in [3.05, 3.63) is 29.3 Å². The molecule has 0 saturated carbocycles. The van der Waals surface area contributed by atoms with Crippen LogP contribution in [0.25, 0.3) is 6.08 Å². The number of benzene rings is 1. The van der Waals surface area contributed by atoms with E-state index in [-0.39, 0.29) is 12.3 Å². The highest BCUT2D eigenvalue weighted by molar-refractivity contribution is 5.96. The highest BCUT2D eigenvalue weighted by Gasteiger charge is 2.16. The van der Waals surface area contributed by atoms with Gasteiger partial charge in [-0.1, -0.05) is 0 Å². The van der Waals surface area contributed by atoms with Gasteiger partial charge in [0.15, 0.2) is 11.5 Å². The second kappa shape index (κ2) is 8.79. The van der Waals surface area contributed by atoms with Crippen LogP contribution >= 0.6 is 0 Å². The lowest BCUT2D eigenvalue weighted by Crippen LogP contribution is -2.18. The summed E-state index contributed by atoms with van der Waals surface area (Å²) in [7, 11) is 7.78. The van der Waals surface area contributed by atoms with Gasteiger partial charge < -0.3 is 18.9 Å². The maximum atomic E-state index is 11.9. The number of rotatable bonds is 7. The molecule has 7 nitrogen and oxygen atoms in total. The molecule has 126 valence electrons. The predicted molar refractivity (Wildman–Crippen MR) is 84.6 cm³/mol. The quantitative estimate of drug-likeness (QED) is 0.428. The third-order valence-electron chi connectivity index (χ3n) is 2.83. The molecular weight excluding hydrogens is 302 g/mol. The fourth-order valence-electron chi connectivity index (χ4n) is 1.72. The number of methoxy groups -OCH3 is 3. The highest BCUT2D eigenvalue weighted by atomic mass is 16.5. The third kappa shape index (κ3) is 5.30. The van der Waals surface area contributed by atoms with Gasteiger partial charge in [0.1, 0.15) is 6.73 Å². The van der Waals surface area contributed by atoms with Gasteiger partial charge in [0, 0.05) is 6.08 Å². The van der Waals surface area contributed by atoms with Gasteiger partial charge in [-0.25, -0.2) is 9.59 Å². The minimum atomic E-state index is -0.549. The van der Waals surface area contributed by atoms with Gasteiger partial charge in [0.2, 0.25) is 0 Å². The van der Waals surface area contributed by atoms with Crippen molar-refractivity contribution in [3.63, 3.8) is 0 Å². The van der Waals surface area contributed by atoms with Crippen molar-refractivity contribution in [2.45, 2.75) is 0 Å². The third-order valence-corrected chi connectivity index (χ3v) is 2.83. The van der Waals surface area contributed by atoms with Gasteiger partial charge in [0.25, 0.3) is 0 Å². The summed E-state index contributed by atoms with van der Waals surface area (Å²) in [6.45, 7) is 0.166. The van der Waals surface area contributed by atoms with Crippen molar-refractivity contribution in [2.24, 2.45) is 0 Å². The number of hydrogen-bond donors (Lipinski definition) is 0. The standard InChI is InChI=1S/C16H21NO6/c1-17(2)10-23-15(18)7-6-11-8-13(20-3)14(21-4)9-12(11)16(19)22-5/h6-9H,10H2,1-5H3/b7-6+. The summed E-state index contributed by atoms with van der Waals surface area (Å²) in [6.07, 6.45) is 2.70.